The lowest BCUT2D eigenvalue weighted by Gasteiger charge is -2.35. The van der Waals surface area contributed by atoms with Crippen molar-refractivity contribution in [1.82, 2.24) is 19.8 Å². The van der Waals surface area contributed by atoms with Crippen LogP contribution in [0.15, 0.2) is 207 Å². The first-order valence-corrected chi connectivity index (χ1v) is 31.5. The molecule has 2 amide bonds. The van der Waals surface area contributed by atoms with Crippen LogP contribution in [0.4, 0.5) is 20.2 Å². The molecule has 0 spiro atoms. The number of fused-ring (bicyclic) bond motifs is 4. The molecule has 0 atom stereocenters. The predicted molar refractivity (Wildman–Crippen MR) is 335 cm³/mol. The normalized spacial score (nSPS) is 13.4. The highest BCUT2D eigenvalue weighted by Gasteiger charge is 2.48. The van der Waals surface area contributed by atoms with E-state index in [1.165, 1.54) is 58.1 Å². The third kappa shape index (κ3) is 12.4. The first-order valence-electron chi connectivity index (χ1n) is 27.8. The molecule has 0 saturated heterocycles. The number of halogens is 2. The molecule has 4 heterocycles. The maximum Gasteiger partial charge on any atom is 0.258 e. The van der Waals surface area contributed by atoms with Gasteiger partial charge in [0, 0.05) is 68.0 Å². The van der Waals surface area contributed by atoms with Crippen molar-refractivity contribution in [2.75, 3.05) is 35.2 Å². The Morgan fingerprint density at radius 3 is 1.48 bits per heavy atom. The fourth-order valence-corrected chi connectivity index (χ4v) is 12.3. The van der Waals surface area contributed by atoms with E-state index in [2.05, 4.69) is 70.6 Å². The van der Waals surface area contributed by atoms with Crippen LogP contribution in [0.3, 0.4) is 0 Å². The Kier molecular flexibility index (Phi) is 17.2. The molecule has 2 aliphatic heterocycles. The first-order chi connectivity index (χ1) is 41.1. The zero-order chi connectivity index (χ0) is 61.1. The van der Waals surface area contributed by atoms with Crippen LogP contribution in [0.2, 0.25) is 0 Å². The lowest BCUT2D eigenvalue weighted by Crippen LogP contribution is -2.39. The summed E-state index contributed by atoms with van der Waals surface area (Å²) in [6, 6.07) is 59.6. The van der Waals surface area contributed by atoms with Crippen LogP contribution in [-0.2, 0) is 51.6 Å². The van der Waals surface area contributed by atoms with Gasteiger partial charge in [0.1, 0.15) is 23.3 Å². The summed E-state index contributed by atoms with van der Waals surface area (Å²) in [6.07, 6.45) is 5.96. The lowest BCUT2D eigenvalue weighted by molar-refractivity contribution is 0.0595. The minimum Gasteiger partial charge on any atom is -0.478 e. The van der Waals surface area contributed by atoms with Gasteiger partial charge < -0.3 is 14.5 Å². The average molecular weight is 1190 g/mol. The van der Waals surface area contributed by atoms with Crippen molar-refractivity contribution in [1.29, 1.82) is 0 Å². The minimum absolute atomic E-state index is 0.142. The quantitative estimate of drug-likeness (QED) is 0.104. The molecular formula is C69H64F2N6O7S2. The summed E-state index contributed by atoms with van der Waals surface area (Å²) >= 11 is 0. The van der Waals surface area contributed by atoms with E-state index in [4.69, 9.17) is 4.74 Å². The van der Waals surface area contributed by atoms with Gasteiger partial charge in [-0.25, -0.2) is 25.6 Å². The number of anilines is 2. The van der Waals surface area contributed by atoms with E-state index >= 15 is 0 Å². The number of amides is 2. The van der Waals surface area contributed by atoms with Crippen LogP contribution >= 0.6 is 0 Å². The number of pyridine rings is 2. The number of ether oxygens (including phenoxy) is 1. The maximum atomic E-state index is 14.2. The number of sulfonamides is 2. The minimum atomic E-state index is -3.70. The van der Waals surface area contributed by atoms with Crippen molar-refractivity contribution >= 4 is 65.0 Å². The Hall–Kier alpha value is -9.32. The van der Waals surface area contributed by atoms with Gasteiger partial charge in [-0.1, -0.05) is 146 Å². The number of nitrogens with zero attached hydrogens (tertiary/aromatic N) is 6. The summed E-state index contributed by atoms with van der Waals surface area (Å²) in [6.45, 7) is 6.27. The molecule has 8 aromatic carbocycles. The molecule has 0 fully saturated rings. The molecule has 0 bridgehead atoms. The third-order valence-corrected chi connectivity index (χ3v) is 18.0. The number of rotatable bonds is 14. The van der Waals surface area contributed by atoms with Gasteiger partial charge in [-0.3, -0.25) is 28.2 Å². The summed E-state index contributed by atoms with van der Waals surface area (Å²) < 4.78 is 86.9. The SMILES string of the molecule is CN(c1c2c(c(OC(c3ccccc3)c3ccccc3)c3ncccc13)C(=O)N(Cc1ccc(F)cc1)C2)S(C)(=O)=O.Cc1c2c(c(N(C)S(C)(=O)=O)c3cccnc13)C(C)(C)N(Cc1ccc(F)cc1)C2=O.c1ccc(Cc2ccccc2)cc1. The van der Waals surface area contributed by atoms with Gasteiger partial charge in [-0.2, -0.15) is 0 Å². The Labute approximate surface area is 500 Å². The smallest absolute Gasteiger partial charge is 0.258 e. The van der Waals surface area contributed by atoms with Crippen LogP contribution in [0.25, 0.3) is 21.8 Å². The Balaban J connectivity index is 0.000000162. The topological polar surface area (TPSA) is 150 Å². The lowest BCUT2D eigenvalue weighted by atomic mass is 9.87. The van der Waals surface area contributed by atoms with E-state index < -0.39 is 31.7 Å². The van der Waals surface area contributed by atoms with Crippen LogP contribution in [0.1, 0.15) is 90.7 Å². The number of aromatic nitrogens is 2. The van der Waals surface area contributed by atoms with E-state index in [1.54, 1.807) is 64.7 Å². The molecule has 13 nitrogen and oxygen atoms in total. The van der Waals surface area contributed by atoms with E-state index in [1.807, 2.05) is 87.5 Å². The molecular weight excluding hydrogens is 1130 g/mol. The Morgan fingerprint density at radius 1 is 0.547 bits per heavy atom. The van der Waals surface area contributed by atoms with Crippen LogP contribution in [0, 0.1) is 18.6 Å². The molecule has 86 heavy (non-hydrogen) atoms. The van der Waals surface area contributed by atoms with E-state index in [-0.39, 0.29) is 54.4 Å². The first kappa shape index (κ1) is 59.8. The number of carbonyl (C=O) groups excluding carboxylic acids is 2. The predicted octanol–water partition coefficient (Wildman–Crippen LogP) is 13.3. The molecule has 438 valence electrons. The molecule has 17 heteroatoms. The van der Waals surface area contributed by atoms with Gasteiger partial charge in [0.15, 0.2) is 5.75 Å². The molecule has 0 unspecified atom stereocenters. The van der Waals surface area contributed by atoms with Gasteiger partial charge in [0.2, 0.25) is 20.0 Å². The Morgan fingerprint density at radius 2 is 0.988 bits per heavy atom. The molecule has 0 N–H and O–H groups in total. The number of aryl methyl sites for hydroxylation is 1. The van der Waals surface area contributed by atoms with Gasteiger partial charge in [-0.05, 0) is 115 Å². The summed E-state index contributed by atoms with van der Waals surface area (Å²) in [5.74, 6) is -0.940. The third-order valence-electron chi connectivity index (χ3n) is 15.7. The second-order valence-corrected chi connectivity index (χ2v) is 25.9. The number of hydrogen-bond acceptors (Lipinski definition) is 9. The van der Waals surface area contributed by atoms with E-state index in [0.29, 0.717) is 49.9 Å². The highest BCUT2D eigenvalue weighted by molar-refractivity contribution is 7.92. The standard InChI is InChI=1S/C33H28FN3O4S.C23H24FN3O3S.C13H12/c1-36(42(2,39)40)30-26-14-9-19-35-29(26)32(41-31(23-10-5-3-6-11-23)24-12-7-4-8-13-24)28-27(30)21-37(33(28)38)20-22-15-17-25(34)18-16-22;1-14-18-19(21(26(4)31(5,29)30)17-7-6-12-25-20(14)17)23(2,3)27(22(18)28)13-15-8-10-16(24)11-9-15;1-3-7-12(8-4-1)11-13-9-5-2-6-10-13/h3-19,31H,20-21H2,1-2H3;6-12H,13H2,1-5H3;1-10H,11H2. The molecule has 2 aliphatic rings. The van der Waals surface area contributed by atoms with Gasteiger partial charge in [0.05, 0.1) is 46.1 Å². The number of carbonyl (C=O) groups is 2. The number of hydrogen-bond donors (Lipinski definition) is 0. The number of benzene rings is 8. The largest absolute Gasteiger partial charge is 0.478 e. The average Bonchev–Trinajstić information content (AvgIpc) is 1.52. The van der Waals surface area contributed by atoms with Gasteiger partial charge in [-0.15, -0.1) is 0 Å². The summed E-state index contributed by atoms with van der Waals surface area (Å²) in [4.78, 5) is 40.2. The monoisotopic (exact) mass is 1190 g/mol. The molecule has 12 rings (SSSR count). The Bertz CT molecular complexity index is 4280. The second-order valence-electron chi connectivity index (χ2n) is 21.8. The van der Waals surface area contributed by atoms with Crippen molar-refractivity contribution in [3.8, 4) is 5.75 Å². The second kappa shape index (κ2) is 24.7. The van der Waals surface area contributed by atoms with Gasteiger partial charge >= 0.3 is 0 Å². The zero-order valence-corrected chi connectivity index (χ0v) is 50.3. The summed E-state index contributed by atoms with van der Waals surface area (Å²) in [5, 5.41) is 1.23. The molecule has 2 aromatic heterocycles. The van der Waals surface area contributed by atoms with Crippen molar-refractivity contribution in [3.05, 3.63) is 279 Å². The summed E-state index contributed by atoms with van der Waals surface area (Å²) in [7, 11) is -4.32. The van der Waals surface area contributed by atoms with E-state index in [0.717, 1.165) is 46.7 Å². The summed E-state index contributed by atoms with van der Waals surface area (Å²) in [5.41, 5.74) is 9.71. The highest BCUT2D eigenvalue weighted by atomic mass is 32.2. The maximum absolute atomic E-state index is 14.2. The van der Waals surface area contributed by atoms with Crippen molar-refractivity contribution in [3.63, 3.8) is 0 Å². The highest BCUT2D eigenvalue weighted by Crippen LogP contribution is 2.50. The molecule has 10 aromatic rings. The van der Waals surface area contributed by atoms with Gasteiger partial charge in [0.25, 0.3) is 11.8 Å². The van der Waals surface area contributed by atoms with Crippen molar-refractivity contribution < 1.29 is 39.9 Å². The fraction of sp³-hybridized carbons (Fsp3) is 0.188. The fourth-order valence-electron chi connectivity index (χ4n) is 11.2. The van der Waals surface area contributed by atoms with Crippen LogP contribution < -0.4 is 13.3 Å². The van der Waals surface area contributed by atoms with Crippen molar-refractivity contribution in [2.24, 2.45) is 0 Å². The van der Waals surface area contributed by atoms with Crippen LogP contribution in [0.5, 0.6) is 5.75 Å². The van der Waals surface area contributed by atoms with Crippen LogP contribution in [-0.4, -0.2) is 75.0 Å². The molecule has 0 saturated carbocycles. The zero-order valence-electron chi connectivity index (χ0n) is 48.6. The van der Waals surface area contributed by atoms with E-state index in [9.17, 15) is 35.2 Å². The molecule has 0 aliphatic carbocycles. The molecule has 0 radical (unpaired) electrons. The van der Waals surface area contributed by atoms with Crippen molar-refractivity contribution in [2.45, 2.75) is 58.5 Å².